The van der Waals surface area contributed by atoms with Gasteiger partial charge < -0.3 is 4.52 Å². The maximum atomic E-state index is 13.1. The molecule has 1 fully saturated rings. The third-order valence-electron chi connectivity index (χ3n) is 4.82. The van der Waals surface area contributed by atoms with Crippen molar-refractivity contribution < 1.29 is 12.9 Å². The van der Waals surface area contributed by atoms with Crippen molar-refractivity contribution in [1.29, 1.82) is 0 Å². The van der Waals surface area contributed by atoms with Crippen molar-refractivity contribution in [3.8, 4) is 0 Å². The number of sulfonamides is 1. The molecule has 1 aromatic carbocycles. The largest absolute Gasteiger partial charge is 0.359 e. The van der Waals surface area contributed by atoms with Gasteiger partial charge in [-0.05, 0) is 42.4 Å². The number of rotatable bonds is 5. The molecule has 2 heterocycles. The smallest absolute Gasteiger partial charge is 0.243 e. The van der Waals surface area contributed by atoms with Crippen LogP contribution in [0, 0.1) is 0 Å². The summed E-state index contributed by atoms with van der Waals surface area (Å²) in [5.41, 5.74) is 1.99. The van der Waals surface area contributed by atoms with Crippen molar-refractivity contribution in [3.05, 3.63) is 47.3 Å². The predicted molar refractivity (Wildman–Crippen MR) is 97.0 cm³/mol. The lowest BCUT2D eigenvalue weighted by atomic mass is 10.0. The molecule has 1 aromatic heterocycles. The lowest BCUT2D eigenvalue weighted by Crippen LogP contribution is -2.30. The second-order valence-electron chi connectivity index (χ2n) is 7.31. The van der Waals surface area contributed by atoms with Gasteiger partial charge in [-0.25, -0.2) is 8.42 Å². The van der Waals surface area contributed by atoms with Crippen LogP contribution in [0.2, 0.25) is 0 Å². The van der Waals surface area contributed by atoms with Crippen LogP contribution in [0.1, 0.15) is 75.4 Å². The average molecular weight is 362 g/mol. The summed E-state index contributed by atoms with van der Waals surface area (Å²) in [6, 6.07) is 8.84. The Morgan fingerprint density at radius 3 is 2.36 bits per heavy atom. The molecule has 3 rings (SSSR count). The summed E-state index contributed by atoms with van der Waals surface area (Å²) in [5, 5.41) is 4.08. The molecule has 2 aromatic rings. The molecule has 1 aliphatic heterocycles. The van der Waals surface area contributed by atoms with E-state index < -0.39 is 10.0 Å². The van der Waals surface area contributed by atoms with Crippen LogP contribution < -0.4 is 0 Å². The summed E-state index contributed by atoms with van der Waals surface area (Å²) in [6.07, 6.45) is 1.59. The third kappa shape index (κ3) is 3.51. The SMILES string of the molecule is CC(C)c1ccc(S(=O)(=O)N2CCC[C@@H]2c2cc(C(C)C)no2)cc1. The average Bonchev–Trinajstić information content (AvgIpc) is 3.24. The van der Waals surface area contributed by atoms with E-state index in [2.05, 4.69) is 19.0 Å². The molecule has 5 nitrogen and oxygen atoms in total. The van der Waals surface area contributed by atoms with Gasteiger partial charge >= 0.3 is 0 Å². The first-order valence-electron chi connectivity index (χ1n) is 8.89. The fourth-order valence-corrected chi connectivity index (χ4v) is 4.87. The van der Waals surface area contributed by atoms with Crippen LogP contribution in [0.4, 0.5) is 0 Å². The Hall–Kier alpha value is -1.66. The van der Waals surface area contributed by atoms with Gasteiger partial charge in [0.2, 0.25) is 10.0 Å². The fraction of sp³-hybridized carbons (Fsp3) is 0.526. The zero-order valence-corrected chi connectivity index (χ0v) is 16.1. The van der Waals surface area contributed by atoms with E-state index in [-0.39, 0.29) is 12.0 Å². The summed E-state index contributed by atoms with van der Waals surface area (Å²) >= 11 is 0. The summed E-state index contributed by atoms with van der Waals surface area (Å²) in [4.78, 5) is 0.340. The standard InChI is InChI=1S/C19H26N2O3S/c1-13(2)15-7-9-16(10-8-15)25(22,23)21-11-5-6-18(21)19-12-17(14(3)4)20-24-19/h7-10,12-14,18H,5-6,11H2,1-4H3/t18-/m1/s1. The Morgan fingerprint density at radius 1 is 1.12 bits per heavy atom. The van der Waals surface area contributed by atoms with Gasteiger partial charge in [-0.2, -0.15) is 4.31 Å². The molecule has 1 atom stereocenters. The van der Waals surface area contributed by atoms with Crippen molar-refractivity contribution in [2.75, 3.05) is 6.54 Å². The summed E-state index contributed by atoms with van der Waals surface area (Å²) in [6.45, 7) is 8.78. The molecule has 6 heteroatoms. The molecule has 0 amide bonds. The Bertz CT molecular complexity index is 823. The zero-order chi connectivity index (χ0) is 18.2. The van der Waals surface area contributed by atoms with E-state index >= 15 is 0 Å². The molecule has 25 heavy (non-hydrogen) atoms. The third-order valence-corrected chi connectivity index (χ3v) is 6.75. The van der Waals surface area contributed by atoms with Gasteiger partial charge in [0.05, 0.1) is 16.6 Å². The van der Waals surface area contributed by atoms with Crippen molar-refractivity contribution in [1.82, 2.24) is 9.46 Å². The first-order valence-corrected chi connectivity index (χ1v) is 10.3. The molecule has 0 aliphatic carbocycles. The molecule has 136 valence electrons. The van der Waals surface area contributed by atoms with E-state index in [1.54, 1.807) is 16.4 Å². The minimum Gasteiger partial charge on any atom is -0.359 e. The highest BCUT2D eigenvalue weighted by atomic mass is 32.2. The molecule has 0 unspecified atom stereocenters. The number of benzene rings is 1. The van der Waals surface area contributed by atoms with E-state index in [1.165, 1.54) is 0 Å². The van der Waals surface area contributed by atoms with Crippen LogP contribution in [0.15, 0.2) is 39.8 Å². The van der Waals surface area contributed by atoms with E-state index in [0.717, 1.165) is 24.1 Å². The van der Waals surface area contributed by atoms with Crippen LogP contribution >= 0.6 is 0 Å². The molecule has 0 radical (unpaired) electrons. The quantitative estimate of drug-likeness (QED) is 0.788. The van der Waals surface area contributed by atoms with E-state index in [9.17, 15) is 8.42 Å². The first-order chi connectivity index (χ1) is 11.8. The molecule has 0 bridgehead atoms. The van der Waals surface area contributed by atoms with Gasteiger partial charge in [0.1, 0.15) is 0 Å². The zero-order valence-electron chi connectivity index (χ0n) is 15.3. The Kier molecular flexibility index (Phi) is 5.02. The second kappa shape index (κ2) is 6.92. The minimum atomic E-state index is -3.54. The number of aromatic nitrogens is 1. The lowest BCUT2D eigenvalue weighted by molar-refractivity contribution is 0.295. The number of nitrogens with zero attached hydrogens (tertiary/aromatic N) is 2. The van der Waals surface area contributed by atoms with Gasteiger partial charge in [-0.3, -0.25) is 0 Å². The van der Waals surface area contributed by atoms with Gasteiger partial charge in [0, 0.05) is 12.6 Å². The van der Waals surface area contributed by atoms with Crippen LogP contribution in [-0.4, -0.2) is 24.4 Å². The van der Waals surface area contributed by atoms with Crippen LogP contribution in [0.3, 0.4) is 0 Å². The van der Waals surface area contributed by atoms with Gasteiger partial charge in [-0.15, -0.1) is 0 Å². The van der Waals surface area contributed by atoms with Crippen LogP contribution in [0.25, 0.3) is 0 Å². The molecular weight excluding hydrogens is 336 g/mol. The van der Waals surface area contributed by atoms with Crippen molar-refractivity contribution in [3.63, 3.8) is 0 Å². The highest BCUT2D eigenvalue weighted by Gasteiger charge is 2.38. The summed E-state index contributed by atoms with van der Waals surface area (Å²) in [5.74, 6) is 1.27. The number of hydrogen-bond acceptors (Lipinski definition) is 4. The molecule has 0 N–H and O–H groups in total. The highest BCUT2D eigenvalue weighted by Crippen LogP contribution is 2.37. The molecule has 1 aliphatic rings. The second-order valence-corrected chi connectivity index (χ2v) is 9.20. The maximum Gasteiger partial charge on any atom is 0.243 e. The van der Waals surface area contributed by atoms with Crippen molar-refractivity contribution in [2.45, 2.75) is 63.3 Å². The summed E-state index contributed by atoms with van der Waals surface area (Å²) in [7, 11) is -3.54. The summed E-state index contributed by atoms with van der Waals surface area (Å²) < 4.78 is 33.2. The van der Waals surface area contributed by atoms with E-state index in [0.29, 0.717) is 23.1 Å². The highest BCUT2D eigenvalue weighted by molar-refractivity contribution is 7.89. The minimum absolute atomic E-state index is 0.257. The van der Waals surface area contributed by atoms with Crippen molar-refractivity contribution in [2.24, 2.45) is 0 Å². The Balaban J connectivity index is 1.89. The lowest BCUT2D eigenvalue weighted by Gasteiger charge is -2.22. The Morgan fingerprint density at radius 2 is 1.80 bits per heavy atom. The number of hydrogen-bond donors (Lipinski definition) is 0. The van der Waals surface area contributed by atoms with Crippen LogP contribution in [-0.2, 0) is 10.0 Å². The fourth-order valence-electron chi connectivity index (χ4n) is 3.21. The van der Waals surface area contributed by atoms with Gasteiger partial charge in [-0.1, -0.05) is 45.0 Å². The van der Waals surface area contributed by atoms with E-state index in [1.807, 2.05) is 32.0 Å². The topological polar surface area (TPSA) is 63.4 Å². The molecule has 1 saturated heterocycles. The molecular formula is C19H26N2O3S. The van der Waals surface area contributed by atoms with Crippen molar-refractivity contribution >= 4 is 10.0 Å². The van der Waals surface area contributed by atoms with Gasteiger partial charge in [0.25, 0.3) is 0 Å². The van der Waals surface area contributed by atoms with E-state index in [4.69, 9.17) is 4.52 Å². The molecule has 0 saturated carbocycles. The van der Waals surface area contributed by atoms with Gasteiger partial charge in [0.15, 0.2) is 5.76 Å². The monoisotopic (exact) mass is 362 g/mol. The first kappa shape index (κ1) is 18.1. The predicted octanol–water partition coefficient (Wildman–Crippen LogP) is 4.45. The van der Waals surface area contributed by atoms with Crippen LogP contribution in [0.5, 0.6) is 0 Å². The molecule has 0 spiro atoms. The normalized spacial score (nSPS) is 19.2. The maximum absolute atomic E-state index is 13.1. The Labute approximate surface area is 150 Å².